The van der Waals surface area contributed by atoms with Gasteiger partial charge in [0.2, 0.25) is 0 Å². The Morgan fingerprint density at radius 3 is 2.88 bits per heavy atom. The lowest BCUT2D eigenvalue weighted by atomic mass is 10.1. The van der Waals surface area contributed by atoms with Crippen LogP contribution in [0.4, 0.5) is 8.78 Å². The summed E-state index contributed by atoms with van der Waals surface area (Å²) in [6.07, 6.45) is -1.31. The number of carbonyl (C=O) groups is 1. The van der Waals surface area contributed by atoms with Crippen LogP contribution in [0.2, 0.25) is 0 Å². The SMILES string of the molecule is Cc1nc2cc(=O)[nH]n2c(C)c1CNC(=O)c1ccnn1CC(F)F. The second kappa shape index (κ2) is 6.46. The molecule has 2 N–H and O–H groups in total. The van der Waals surface area contributed by atoms with Gasteiger partial charge in [0.25, 0.3) is 17.9 Å². The van der Waals surface area contributed by atoms with E-state index in [1.165, 1.54) is 22.8 Å². The molecule has 0 aliphatic rings. The third kappa shape index (κ3) is 3.28. The molecule has 0 aliphatic carbocycles. The maximum atomic E-state index is 12.5. The molecule has 3 heterocycles. The van der Waals surface area contributed by atoms with E-state index >= 15 is 0 Å². The first-order valence-corrected chi connectivity index (χ1v) is 7.53. The summed E-state index contributed by atoms with van der Waals surface area (Å²) in [6.45, 7) is 3.05. The Labute approximate surface area is 140 Å². The van der Waals surface area contributed by atoms with Crippen LogP contribution in [0.15, 0.2) is 23.1 Å². The molecular formula is C15H16F2N6O2. The summed E-state index contributed by atoms with van der Waals surface area (Å²) in [5, 5.41) is 9.04. The van der Waals surface area contributed by atoms with Crippen molar-refractivity contribution in [3.63, 3.8) is 0 Å². The number of H-pyrrole nitrogens is 1. The molecule has 25 heavy (non-hydrogen) atoms. The van der Waals surface area contributed by atoms with Crippen molar-refractivity contribution in [3.05, 3.63) is 51.3 Å². The summed E-state index contributed by atoms with van der Waals surface area (Å²) in [5.41, 5.74) is 2.40. The lowest BCUT2D eigenvalue weighted by molar-refractivity contribution is 0.0921. The Balaban J connectivity index is 1.82. The summed E-state index contributed by atoms with van der Waals surface area (Å²) in [5.74, 6) is -0.516. The summed E-state index contributed by atoms with van der Waals surface area (Å²) in [6, 6.07) is 2.76. The highest BCUT2D eigenvalue weighted by Crippen LogP contribution is 2.13. The number of aromatic nitrogens is 5. The van der Waals surface area contributed by atoms with Crippen LogP contribution in [0.5, 0.6) is 0 Å². The summed E-state index contributed by atoms with van der Waals surface area (Å²) >= 11 is 0. The maximum Gasteiger partial charge on any atom is 0.269 e. The van der Waals surface area contributed by atoms with Gasteiger partial charge in [-0.1, -0.05) is 0 Å². The number of hydrogen-bond acceptors (Lipinski definition) is 4. The van der Waals surface area contributed by atoms with Gasteiger partial charge in [-0.15, -0.1) is 0 Å². The van der Waals surface area contributed by atoms with Crippen LogP contribution in [-0.4, -0.2) is 36.7 Å². The molecular weight excluding hydrogens is 334 g/mol. The molecule has 10 heteroatoms. The van der Waals surface area contributed by atoms with E-state index in [0.29, 0.717) is 11.3 Å². The van der Waals surface area contributed by atoms with Crippen LogP contribution < -0.4 is 10.9 Å². The number of nitrogens with zero attached hydrogens (tertiary/aromatic N) is 4. The Morgan fingerprint density at radius 2 is 2.16 bits per heavy atom. The summed E-state index contributed by atoms with van der Waals surface area (Å²) in [4.78, 5) is 28.0. The minimum atomic E-state index is -2.60. The lowest BCUT2D eigenvalue weighted by Crippen LogP contribution is -2.28. The van der Waals surface area contributed by atoms with Crippen LogP contribution in [0.3, 0.4) is 0 Å². The number of aryl methyl sites for hydroxylation is 2. The van der Waals surface area contributed by atoms with Crippen molar-refractivity contribution in [2.24, 2.45) is 0 Å². The van der Waals surface area contributed by atoms with E-state index in [-0.39, 0.29) is 17.8 Å². The average molecular weight is 350 g/mol. The minimum Gasteiger partial charge on any atom is -0.346 e. The van der Waals surface area contributed by atoms with Crippen molar-refractivity contribution < 1.29 is 13.6 Å². The quantitative estimate of drug-likeness (QED) is 0.718. The van der Waals surface area contributed by atoms with Gasteiger partial charge in [0.1, 0.15) is 12.2 Å². The number of nitrogens with one attached hydrogen (secondary N) is 2. The van der Waals surface area contributed by atoms with Crippen LogP contribution >= 0.6 is 0 Å². The van der Waals surface area contributed by atoms with E-state index in [0.717, 1.165) is 15.9 Å². The zero-order valence-corrected chi connectivity index (χ0v) is 13.6. The zero-order chi connectivity index (χ0) is 18.1. The highest BCUT2D eigenvalue weighted by atomic mass is 19.3. The first kappa shape index (κ1) is 16.8. The number of hydrogen-bond donors (Lipinski definition) is 2. The summed E-state index contributed by atoms with van der Waals surface area (Å²) < 4.78 is 27.5. The third-order valence-corrected chi connectivity index (χ3v) is 3.89. The van der Waals surface area contributed by atoms with Gasteiger partial charge in [0, 0.05) is 35.8 Å². The Hall–Kier alpha value is -3.04. The molecule has 132 valence electrons. The van der Waals surface area contributed by atoms with Gasteiger partial charge < -0.3 is 5.32 Å². The maximum absolute atomic E-state index is 12.5. The van der Waals surface area contributed by atoms with Crippen molar-refractivity contribution in [2.45, 2.75) is 33.4 Å². The number of halogens is 2. The van der Waals surface area contributed by atoms with E-state index in [4.69, 9.17) is 0 Å². The predicted molar refractivity (Wildman–Crippen MR) is 84.7 cm³/mol. The van der Waals surface area contributed by atoms with Gasteiger partial charge in [0.05, 0.1) is 0 Å². The number of amides is 1. The molecule has 0 saturated carbocycles. The molecule has 0 saturated heterocycles. The highest BCUT2D eigenvalue weighted by Gasteiger charge is 2.17. The Kier molecular flexibility index (Phi) is 4.34. The minimum absolute atomic E-state index is 0.0546. The fourth-order valence-corrected chi connectivity index (χ4v) is 2.67. The highest BCUT2D eigenvalue weighted by molar-refractivity contribution is 5.92. The molecule has 0 bridgehead atoms. The molecule has 0 unspecified atom stereocenters. The van der Waals surface area contributed by atoms with E-state index in [9.17, 15) is 18.4 Å². The molecule has 0 atom stereocenters. The van der Waals surface area contributed by atoms with Gasteiger partial charge in [-0.3, -0.25) is 19.4 Å². The van der Waals surface area contributed by atoms with Crippen molar-refractivity contribution in [1.82, 2.24) is 29.7 Å². The monoisotopic (exact) mass is 350 g/mol. The van der Waals surface area contributed by atoms with Crippen LogP contribution in [0.1, 0.15) is 27.4 Å². The number of aromatic amines is 1. The molecule has 3 aromatic heterocycles. The van der Waals surface area contributed by atoms with Crippen molar-refractivity contribution in [2.75, 3.05) is 0 Å². The average Bonchev–Trinajstić information content (AvgIpc) is 3.12. The number of carbonyl (C=O) groups excluding carboxylic acids is 1. The van der Waals surface area contributed by atoms with Crippen LogP contribution in [0, 0.1) is 13.8 Å². The number of alkyl halides is 2. The summed E-state index contributed by atoms with van der Waals surface area (Å²) in [7, 11) is 0. The van der Waals surface area contributed by atoms with E-state index in [1.54, 1.807) is 13.8 Å². The van der Waals surface area contributed by atoms with Crippen molar-refractivity contribution in [1.29, 1.82) is 0 Å². The number of fused-ring (bicyclic) bond motifs is 1. The van der Waals surface area contributed by atoms with Crippen LogP contribution in [-0.2, 0) is 13.1 Å². The second-order valence-corrected chi connectivity index (χ2v) is 5.55. The zero-order valence-electron chi connectivity index (χ0n) is 13.6. The fraction of sp³-hybridized carbons (Fsp3) is 0.333. The van der Waals surface area contributed by atoms with Crippen LogP contribution in [0.25, 0.3) is 5.65 Å². The van der Waals surface area contributed by atoms with E-state index in [1.807, 2.05) is 0 Å². The van der Waals surface area contributed by atoms with Gasteiger partial charge in [-0.2, -0.15) is 5.10 Å². The molecule has 0 aromatic carbocycles. The molecule has 0 aliphatic heterocycles. The van der Waals surface area contributed by atoms with Gasteiger partial charge in [-0.05, 0) is 19.9 Å². The van der Waals surface area contributed by atoms with Gasteiger partial charge in [-0.25, -0.2) is 18.3 Å². The number of rotatable bonds is 5. The molecule has 0 radical (unpaired) electrons. The smallest absolute Gasteiger partial charge is 0.269 e. The third-order valence-electron chi connectivity index (χ3n) is 3.89. The van der Waals surface area contributed by atoms with Gasteiger partial charge >= 0.3 is 0 Å². The topological polar surface area (TPSA) is 97.1 Å². The molecule has 8 nitrogen and oxygen atoms in total. The van der Waals surface area contributed by atoms with Crippen molar-refractivity contribution in [3.8, 4) is 0 Å². The fourth-order valence-electron chi connectivity index (χ4n) is 2.67. The second-order valence-electron chi connectivity index (χ2n) is 5.55. The first-order valence-electron chi connectivity index (χ1n) is 7.53. The molecule has 3 rings (SSSR count). The van der Waals surface area contributed by atoms with E-state index < -0.39 is 18.9 Å². The molecule has 1 amide bonds. The Bertz CT molecular complexity index is 988. The van der Waals surface area contributed by atoms with Crippen molar-refractivity contribution >= 4 is 11.6 Å². The normalized spacial score (nSPS) is 11.4. The largest absolute Gasteiger partial charge is 0.346 e. The standard InChI is InChI=1S/C15H16F2N6O2/c1-8-10(9(2)23-13(20-8)5-14(24)21-23)6-18-15(25)11-3-4-19-22(11)7-12(16)17/h3-5,12H,6-7H2,1-2H3,(H,18,25)(H,21,24). The molecule has 0 spiro atoms. The Morgan fingerprint density at radius 1 is 1.40 bits per heavy atom. The van der Waals surface area contributed by atoms with Gasteiger partial charge in [0.15, 0.2) is 5.65 Å². The van der Waals surface area contributed by atoms with E-state index in [2.05, 4.69) is 20.5 Å². The lowest BCUT2D eigenvalue weighted by Gasteiger charge is -2.13. The molecule has 0 fully saturated rings. The predicted octanol–water partition coefficient (Wildman–Crippen LogP) is 1.03. The molecule has 3 aromatic rings. The first-order chi connectivity index (χ1) is 11.9.